The third kappa shape index (κ3) is 1.25. The molecule has 0 spiro atoms. The van der Waals surface area contributed by atoms with E-state index in [1.807, 2.05) is 24.5 Å². The van der Waals surface area contributed by atoms with E-state index in [2.05, 4.69) is 12.1 Å². The van der Waals surface area contributed by atoms with Crippen LogP contribution in [0.4, 0.5) is 0 Å². The van der Waals surface area contributed by atoms with Gasteiger partial charge in [0.1, 0.15) is 0 Å². The first-order valence-electron chi connectivity index (χ1n) is 3.72. The maximum atomic E-state index is 10.1. The number of fused-ring (bicyclic) bond motifs is 1. The molecule has 0 bridgehead atoms. The molecule has 1 aromatic heterocycles. The highest BCUT2D eigenvalue weighted by Gasteiger charge is 1.95. The van der Waals surface area contributed by atoms with Crippen molar-refractivity contribution >= 4 is 27.7 Å². The lowest BCUT2D eigenvalue weighted by Gasteiger charge is -1.90. The fourth-order valence-electron chi connectivity index (χ4n) is 1.20. The zero-order chi connectivity index (χ0) is 8.39. The molecule has 0 aliphatic rings. The predicted molar refractivity (Wildman–Crippen MR) is 51.2 cm³/mol. The van der Waals surface area contributed by atoms with Crippen LogP contribution in [0.1, 0.15) is 4.88 Å². The molecule has 0 saturated carbocycles. The van der Waals surface area contributed by atoms with Gasteiger partial charge in [0, 0.05) is 4.70 Å². The fourth-order valence-corrected chi connectivity index (χ4v) is 2.19. The Morgan fingerprint density at radius 2 is 2.17 bits per heavy atom. The van der Waals surface area contributed by atoms with Crippen molar-refractivity contribution in [3.63, 3.8) is 0 Å². The number of hydrogen-bond donors (Lipinski definition) is 0. The van der Waals surface area contributed by atoms with E-state index in [1.165, 1.54) is 10.1 Å². The molecule has 0 N–H and O–H groups in total. The molecule has 0 saturated heterocycles. The average Bonchev–Trinajstić information content (AvgIpc) is 2.47. The van der Waals surface area contributed by atoms with E-state index in [9.17, 15) is 4.79 Å². The van der Waals surface area contributed by atoms with Gasteiger partial charge in [0.25, 0.3) is 0 Å². The fraction of sp³-hybridized carbons (Fsp3) is 0.100. The topological polar surface area (TPSA) is 17.1 Å². The van der Waals surface area contributed by atoms with Crippen molar-refractivity contribution in [1.82, 2.24) is 0 Å². The van der Waals surface area contributed by atoms with Crippen molar-refractivity contribution in [3.8, 4) is 0 Å². The molecule has 2 rings (SSSR count). The van der Waals surface area contributed by atoms with E-state index >= 15 is 0 Å². The number of thiophene rings is 1. The van der Waals surface area contributed by atoms with E-state index in [-0.39, 0.29) is 0 Å². The van der Waals surface area contributed by atoms with Crippen molar-refractivity contribution in [2.75, 3.05) is 0 Å². The molecule has 0 radical (unpaired) electrons. The summed E-state index contributed by atoms with van der Waals surface area (Å²) in [6.07, 6.45) is 2.32. The summed E-state index contributed by atoms with van der Waals surface area (Å²) in [6, 6.07) is 10.2. The molecule has 12 heavy (non-hydrogen) atoms. The van der Waals surface area contributed by atoms with Crippen LogP contribution in [-0.4, -0.2) is 6.29 Å². The molecule has 0 aliphatic heterocycles. The molecule has 0 atom stereocenters. The van der Waals surface area contributed by atoms with Crippen molar-refractivity contribution < 1.29 is 4.79 Å². The van der Waals surface area contributed by atoms with Crippen LogP contribution in [0.2, 0.25) is 0 Å². The summed E-state index contributed by atoms with van der Waals surface area (Å²) in [4.78, 5) is 11.2. The minimum atomic E-state index is 0.416. The molecule has 1 aromatic carbocycles. The predicted octanol–water partition coefficient (Wildman–Crippen LogP) is 2.55. The first kappa shape index (κ1) is 7.50. The Labute approximate surface area is 74.6 Å². The molecule has 60 valence electrons. The monoisotopic (exact) mass is 175 g/mol. The van der Waals surface area contributed by atoms with Crippen molar-refractivity contribution in [2.45, 2.75) is 6.42 Å². The van der Waals surface area contributed by atoms with Crippen molar-refractivity contribution in [2.24, 2.45) is 0 Å². The van der Waals surface area contributed by atoms with Crippen LogP contribution in [0.25, 0.3) is 10.1 Å². The molecular formula is C10H7OS-. The van der Waals surface area contributed by atoms with E-state index in [4.69, 9.17) is 0 Å². The lowest BCUT2D eigenvalue weighted by atomic mass is 10.2. The Bertz CT molecular complexity index is 370. The first-order valence-corrected chi connectivity index (χ1v) is 4.54. The standard InChI is InChI=1S/C10H7OS/c11-6-5-9-7-8-3-1-2-4-10(8)12-9/h1-4,7H,5H2/q-1. The van der Waals surface area contributed by atoms with E-state index in [1.54, 1.807) is 11.3 Å². The minimum Gasteiger partial charge on any atom is -0.541 e. The summed E-state index contributed by atoms with van der Waals surface area (Å²) >= 11 is 1.66. The molecule has 0 fully saturated rings. The van der Waals surface area contributed by atoms with Crippen molar-refractivity contribution in [3.05, 3.63) is 35.2 Å². The molecular weight excluding hydrogens is 168 g/mol. The second kappa shape index (κ2) is 3.07. The van der Waals surface area contributed by atoms with E-state index < -0.39 is 0 Å². The van der Waals surface area contributed by atoms with E-state index in [0.29, 0.717) is 6.42 Å². The molecule has 0 unspecified atom stereocenters. The number of hydrogen-bond acceptors (Lipinski definition) is 2. The quantitative estimate of drug-likeness (QED) is 0.641. The Hall–Kier alpha value is -1.15. The Morgan fingerprint density at radius 1 is 1.33 bits per heavy atom. The lowest BCUT2D eigenvalue weighted by Crippen LogP contribution is -1.76. The third-order valence-corrected chi connectivity index (χ3v) is 2.84. The maximum Gasteiger partial charge on any atom is 0.0344 e. The van der Waals surface area contributed by atoms with Gasteiger partial charge < -0.3 is 4.79 Å². The highest BCUT2D eigenvalue weighted by atomic mass is 32.1. The number of carbonyl (C=O) groups excluding carboxylic acids is 1. The summed E-state index contributed by atoms with van der Waals surface area (Å²) in [5, 5.41) is 1.22. The Morgan fingerprint density at radius 3 is 2.92 bits per heavy atom. The van der Waals surface area contributed by atoms with Crippen LogP contribution in [0, 0.1) is 0 Å². The third-order valence-electron chi connectivity index (χ3n) is 1.72. The summed E-state index contributed by atoms with van der Waals surface area (Å²) < 4.78 is 1.24. The van der Waals surface area contributed by atoms with Gasteiger partial charge in [0.2, 0.25) is 0 Å². The molecule has 2 aromatic rings. The molecule has 2 heteroatoms. The Balaban J connectivity index is 2.54. The van der Waals surface area contributed by atoms with Gasteiger partial charge in [-0.2, -0.15) is 0 Å². The van der Waals surface area contributed by atoms with E-state index in [0.717, 1.165) is 4.88 Å². The van der Waals surface area contributed by atoms with Gasteiger partial charge in [0.15, 0.2) is 0 Å². The van der Waals surface area contributed by atoms with Crippen molar-refractivity contribution in [1.29, 1.82) is 0 Å². The van der Waals surface area contributed by atoms with Crippen LogP contribution in [0.15, 0.2) is 30.3 Å². The highest BCUT2D eigenvalue weighted by Crippen LogP contribution is 2.24. The molecule has 0 aliphatic carbocycles. The summed E-state index contributed by atoms with van der Waals surface area (Å²) in [5.41, 5.74) is 0. The van der Waals surface area contributed by atoms with Gasteiger partial charge in [-0.3, -0.25) is 6.29 Å². The smallest absolute Gasteiger partial charge is 0.0344 e. The number of benzene rings is 1. The Kier molecular flexibility index (Phi) is 1.92. The normalized spacial score (nSPS) is 10.3. The molecule has 0 amide bonds. The average molecular weight is 175 g/mol. The van der Waals surface area contributed by atoms with Crippen LogP contribution in [0.3, 0.4) is 0 Å². The van der Waals surface area contributed by atoms with Gasteiger partial charge in [-0.25, -0.2) is 0 Å². The second-order valence-corrected chi connectivity index (χ2v) is 3.74. The summed E-state index contributed by atoms with van der Waals surface area (Å²) in [6.45, 7) is 0. The van der Waals surface area contributed by atoms with Gasteiger partial charge in [0.05, 0.1) is 0 Å². The van der Waals surface area contributed by atoms with Gasteiger partial charge in [-0.15, -0.1) is 17.8 Å². The minimum absolute atomic E-state index is 0.416. The summed E-state index contributed by atoms with van der Waals surface area (Å²) in [7, 11) is 0. The zero-order valence-electron chi connectivity index (χ0n) is 6.41. The van der Waals surface area contributed by atoms with Crippen LogP contribution in [0.5, 0.6) is 0 Å². The van der Waals surface area contributed by atoms with Gasteiger partial charge in [-0.05, 0) is 22.4 Å². The molecule has 1 nitrogen and oxygen atoms in total. The number of rotatable bonds is 2. The van der Waals surface area contributed by atoms with Crippen LogP contribution in [-0.2, 0) is 11.2 Å². The van der Waals surface area contributed by atoms with Crippen LogP contribution >= 0.6 is 11.3 Å². The SMILES string of the molecule is O=[C-]Cc1cc2ccccc2s1. The highest BCUT2D eigenvalue weighted by molar-refractivity contribution is 7.19. The second-order valence-electron chi connectivity index (χ2n) is 2.57. The van der Waals surface area contributed by atoms with Crippen LogP contribution < -0.4 is 0 Å². The maximum absolute atomic E-state index is 10.1. The summed E-state index contributed by atoms with van der Waals surface area (Å²) in [5.74, 6) is 0. The largest absolute Gasteiger partial charge is 0.541 e. The first-order chi connectivity index (χ1) is 5.90. The lowest BCUT2D eigenvalue weighted by molar-refractivity contribution is 0.555. The van der Waals surface area contributed by atoms with Gasteiger partial charge >= 0.3 is 0 Å². The molecule has 1 heterocycles. The zero-order valence-corrected chi connectivity index (χ0v) is 7.23. The van der Waals surface area contributed by atoms with Gasteiger partial charge in [-0.1, -0.05) is 18.2 Å².